The average Bonchev–Trinajstić information content (AvgIpc) is 3.19. The number of carbonyl (C=O) groups is 2. The van der Waals surface area contributed by atoms with Gasteiger partial charge in [0.1, 0.15) is 0 Å². The maximum atomic E-state index is 12.4. The molecule has 1 atom stereocenters. The standard InChI is InChI=1S/C16H17N3O5S2/c1-10-17-7-13(25-10)8-18-26(23,24)14-4-2-12(3-5-14)19-9-11(16(21)22)6-15(19)20/h2-5,7,11,18H,6,8-9H2,1H3,(H,21,22). The Morgan fingerprint density at radius 1 is 1.38 bits per heavy atom. The molecule has 10 heteroatoms. The van der Waals surface area contributed by atoms with Crippen molar-refractivity contribution in [2.45, 2.75) is 24.8 Å². The lowest BCUT2D eigenvalue weighted by Crippen LogP contribution is -2.26. The maximum Gasteiger partial charge on any atom is 0.308 e. The van der Waals surface area contributed by atoms with Gasteiger partial charge in [-0.1, -0.05) is 0 Å². The van der Waals surface area contributed by atoms with Crippen LogP contribution >= 0.6 is 11.3 Å². The molecule has 1 fully saturated rings. The van der Waals surface area contributed by atoms with Crippen molar-refractivity contribution in [3.05, 3.63) is 40.3 Å². The molecule has 0 spiro atoms. The Morgan fingerprint density at radius 3 is 2.62 bits per heavy atom. The molecule has 1 unspecified atom stereocenters. The van der Waals surface area contributed by atoms with Crippen LogP contribution in [0.4, 0.5) is 5.69 Å². The van der Waals surface area contributed by atoms with Gasteiger partial charge in [0.05, 0.1) is 15.8 Å². The second-order valence-electron chi connectivity index (χ2n) is 5.91. The Kier molecular flexibility index (Phi) is 5.08. The van der Waals surface area contributed by atoms with Crippen LogP contribution in [0.1, 0.15) is 16.3 Å². The molecule has 0 saturated carbocycles. The predicted molar refractivity (Wildman–Crippen MR) is 95.4 cm³/mol. The first-order chi connectivity index (χ1) is 12.3. The van der Waals surface area contributed by atoms with E-state index < -0.39 is 21.9 Å². The van der Waals surface area contributed by atoms with Crippen LogP contribution in [0.3, 0.4) is 0 Å². The molecule has 8 nitrogen and oxygen atoms in total. The van der Waals surface area contributed by atoms with Crippen LogP contribution in [0.5, 0.6) is 0 Å². The Balaban J connectivity index is 1.70. The Morgan fingerprint density at radius 2 is 2.08 bits per heavy atom. The average molecular weight is 395 g/mol. The smallest absolute Gasteiger partial charge is 0.308 e. The summed E-state index contributed by atoms with van der Waals surface area (Å²) >= 11 is 1.42. The number of nitrogens with one attached hydrogen (secondary N) is 1. The summed E-state index contributed by atoms with van der Waals surface area (Å²) in [6.45, 7) is 2.08. The summed E-state index contributed by atoms with van der Waals surface area (Å²) in [6.07, 6.45) is 1.58. The summed E-state index contributed by atoms with van der Waals surface area (Å²) in [5.74, 6) is -2.04. The highest BCUT2D eigenvalue weighted by atomic mass is 32.2. The maximum absolute atomic E-state index is 12.4. The van der Waals surface area contributed by atoms with E-state index in [4.69, 9.17) is 5.11 Å². The number of aromatic nitrogens is 1. The monoisotopic (exact) mass is 395 g/mol. The molecule has 1 saturated heterocycles. The van der Waals surface area contributed by atoms with Gasteiger partial charge in [0, 0.05) is 36.3 Å². The molecule has 1 aromatic heterocycles. The summed E-state index contributed by atoms with van der Waals surface area (Å²) in [5, 5.41) is 9.89. The van der Waals surface area contributed by atoms with Crippen molar-refractivity contribution < 1.29 is 23.1 Å². The molecule has 2 aromatic rings. The molecule has 26 heavy (non-hydrogen) atoms. The molecule has 0 radical (unpaired) electrons. The zero-order chi connectivity index (χ0) is 18.9. The number of aliphatic carboxylic acids is 1. The van der Waals surface area contributed by atoms with E-state index in [1.165, 1.54) is 40.5 Å². The first-order valence-electron chi connectivity index (χ1n) is 7.80. The van der Waals surface area contributed by atoms with Gasteiger partial charge in [-0.25, -0.2) is 18.1 Å². The fourth-order valence-electron chi connectivity index (χ4n) is 2.66. The minimum Gasteiger partial charge on any atom is -0.481 e. The lowest BCUT2D eigenvalue weighted by Gasteiger charge is -2.16. The second-order valence-corrected chi connectivity index (χ2v) is 8.99. The van der Waals surface area contributed by atoms with Crippen LogP contribution in [-0.2, 0) is 26.2 Å². The van der Waals surface area contributed by atoms with E-state index >= 15 is 0 Å². The molecular formula is C16H17N3O5S2. The fraction of sp³-hybridized carbons (Fsp3) is 0.312. The van der Waals surface area contributed by atoms with E-state index in [1.54, 1.807) is 6.20 Å². The molecule has 2 N–H and O–H groups in total. The predicted octanol–water partition coefficient (Wildman–Crippen LogP) is 1.37. The van der Waals surface area contributed by atoms with Crippen molar-refractivity contribution in [2.24, 2.45) is 5.92 Å². The van der Waals surface area contributed by atoms with Gasteiger partial charge < -0.3 is 10.0 Å². The van der Waals surface area contributed by atoms with Crippen molar-refractivity contribution in [3.63, 3.8) is 0 Å². The number of hydrogen-bond acceptors (Lipinski definition) is 6. The van der Waals surface area contributed by atoms with Crippen molar-refractivity contribution in [3.8, 4) is 0 Å². The van der Waals surface area contributed by atoms with E-state index in [-0.39, 0.29) is 30.3 Å². The number of aryl methyl sites for hydroxylation is 1. The molecule has 138 valence electrons. The summed E-state index contributed by atoms with van der Waals surface area (Å²) < 4.78 is 27.2. The largest absolute Gasteiger partial charge is 0.481 e. The Hall–Kier alpha value is -2.30. The summed E-state index contributed by atoms with van der Waals surface area (Å²) in [5.41, 5.74) is 0.482. The number of sulfonamides is 1. The summed E-state index contributed by atoms with van der Waals surface area (Å²) in [4.78, 5) is 29.3. The van der Waals surface area contributed by atoms with E-state index in [0.717, 1.165) is 9.88 Å². The van der Waals surface area contributed by atoms with Crippen LogP contribution in [0.15, 0.2) is 35.4 Å². The van der Waals surface area contributed by atoms with E-state index in [2.05, 4.69) is 9.71 Å². The van der Waals surface area contributed by atoms with Crippen LogP contribution in [0.2, 0.25) is 0 Å². The third-order valence-electron chi connectivity index (χ3n) is 4.04. The number of rotatable bonds is 6. The van der Waals surface area contributed by atoms with Gasteiger partial charge in [0.25, 0.3) is 0 Å². The number of amides is 1. The minimum absolute atomic E-state index is 0.0504. The molecular weight excluding hydrogens is 378 g/mol. The van der Waals surface area contributed by atoms with E-state index in [9.17, 15) is 18.0 Å². The van der Waals surface area contributed by atoms with Gasteiger partial charge in [-0.2, -0.15) is 0 Å². The quantitative estimate of drug-likeness (QED) is 0.763. The highest BCUT2D eigenvalue weighted by molar-refractivity contribution is 7.89. The number of thiazole rings is 1. The SMILES string of the molecule is Cc1ncc(CNS(=O)(=O)c2ccc(N3CC(C(=O)O)CC3=O)cc2)s1. The number of carbonyl (C=O) groups excluding carboxylic acids is 1. The van der Waals surface area contributed by atoms with Crippen LogP contribution in [0, 0.1) is 12.8 Å². The summed E-state index contributed by atoms with van der Waals surface area (Å²) in [6, 6.07) is 5.81. The second kappa shape index (κ2) is 7.14. The van der Waals surface area contributed by atoms with Crippen LogP contribution in [-0.4, -0.2) is 36.9 Å². The topological polar surface area (TPSA) is 117 Å². The van der Waals surface area contributed by atoms with Gasteiger partial charge in [-0.15, -0.1) is 11.3 Å². The molecule has 1 amide bonds. The van der Waals surface area contributed by atoms with Gasteiger partial charge in [0.15, 0.2) is 0 Å². The number of benzene rings is 1. The van der Waals surface area contributed by atoms with Crippen molar-refractivity contribution in [2.75, 3.05) is 11.4 Å². The van der Waals surface area contributed by atoms with Crippen molar-refractivity contribution in [1.82, 2.24) is 9.71 Å². The first kappa shape index (κ1) is 18.5. The molecule has 3 rings (SSSR count). The highest BCUT2D eigenvalue weighted by Gasteiger charge is 2.35. The van der Waals surface area contributed by atoms with Gasteiger partial charge >= 0.3 is 5.97 Å². The summed E-state index contributed by atoms with van der Waals surface area (Å²) in [7, 11) is -3.70. The number of hydrogen-bond donors (Lipinski definition) is 2. The normalized spacial score (nSPS) is 17.7. The zero-order valence-electron chi connectivity index (χ0n) is 13.9. The van der Waals surface area contributed by atoms with Gasteiger partial charge in [0.2, 0.25) is 15.9 Å². The fourth-order valence-corrected chi connectivity index (χ4v) is 4.50. The third-order valence-corrected chi connectivity index (χ3v) is 6.37. The molecule has 0 aliphatic carbocycles. The molecule has 1 aromatic carbocycles. The highest BCUT2D eigenvalue weighted by Crippen LogP contribution is 2.26. The molecule has 0 bridgehead atoms. The van der Waals surface area contributed by atoms with E-state index in [0.29, 0.717) is 5.69 Å². The number of anilines is 1. The molecule has 1 aliphatic rings. The number of nitrogens with zero attached hydrogens (tertiary/aromatic N) is 2. The number of carboxylic acid groups (broad SMARTS) is 1. The van der Waals surface area contributed by atoms with Gasteiger partial charge in [-0.3, -0.25) is 9.59 Å². The van der Waals surface area contributed by atoms with Gasteiger partial charge in [-0.05, 0) is 31.2 Å². The van der Waals surface area contributed by atoms with E-state index in [1.807, 2.05) is 6.92 Å². The Bertz CT molecular complexity index is 937. The van der Waals surface area contributed by atoms with Crippen molar-refractivity contribution >= 4 is 38.9 Å². The Labute approximate surface area is 154 Å². The molecule has 2 heterocycles. The molecule has 1 aliphatic heterocycles. The van der Waals surface area contributed by atoms with Crippen molar-refractivity contribution in [1.29, 1.82) is 0 Å². The zero-order valence-corrected chi connectivity index (χ0v) is 15.5. The lowest BCUT2D eigenvalue weighted by molar-refractivity contribution is -0.141. The third kappa shape index (κ3) is 3.92. The van der Waals surface area contributed by atoms with Crippen LogP contribution in [0.25, 0.3) is 0 Å². The minimum atomic E-state index is -3.70. The van der Waals surface area contributed by atoms with Crippen LogP contribution < -0.4 is 9.62 Å². The first-order valence-corrected chi connectivity index (χ1v) is 10.1. The lowest BCUT2D eigenvalue weighted by atomic mass is 10.1. The number of carboxylic acids is 1.